The molecule has 1 aromatic carbocycles. The number of phenolic OH excluding ortho intramolecular Hbond substituents is 1. The lowest BCUT2D eigenvalue weighted by atomic mass is 10.1. The topological polar surface area (TPSA) is 32.3 Å². The molecule has 0 amide bonds. The van der Waals surface area contributed by atoms with Gasteiger partial charge in [-0.3, -0.25) is 0 Å². The van der Waals surface area contributed by atoms with E-state index in [1.807, 2.05) is 0 Å². The second-order valence-electron chi connectivity index (χ2n) is 4.17. The van der Waals surface area contributed by atoms with Crippen LogP contribution < -0.4 is 5.32 Å². The number of hydrogen-bond acceptors (Lipinski definition) is 2. The molecule has 0 heterocycles. The van der Waals surface area contributed by atoms with Crippen molar-refractivity contribution in [3.63, 3.8) is 0 Å². The summed E-state index contributed by atoms with van der Waals surface area (Å²) in [5, 5.41) is 12.4. The SMILES string of the molecule is CC(CC(F)(F)F)NC(C)c1ccccc1O. The Kier molecular flexibility index (Phi) is 4.40. The summed E-state index contributed by atoms with van der Waals surface area (Å²) in [6.07, 6.45) is -5.06. The molecule has 0 aliphatic rings. The minimum Gasteiger partial charge on any atom is -0.508 e. The van der Waals surface area contributed by atoms with Gasteiger partial charge in [0, 0.05) is 17.6 Å². The molecule has 0 aliphatic carbocycles. The zero-order valence-corrected chi connectivity index (χ0v) is 9.75. The molecule has 2 atom stereocenters. The predicted molar refractivity (Wildman–Crippen MR) is 59.8 cm³/mol. The highest BCUT2D eigenvalue weighted by molar-refractivity contribution is 5.34. The number of halogens is 3. The highest BCUT2D eigenvalue weighted by atomic mass is 19.4. The molecule has 2 N–H and O–H groups in total. The first-order chi connectivity index (χ1) is 7.79. The molecule has 0 aliphatic heterocycles. The molecule has 0 aromatic heterocycles. The van der Waals surface area contributed by atoms with E-state index in [1.54, 1.807) is 25.1 Å². The van der Waals surface area contributed by atoms with Gasteiger partial charge in [0.2, 0.25) is 0 Å². The summed E-state index contributed by atoms with van der Waals surface area (Å²) >= 11 is 0. The molecule has 0 spiro atoms. The van der Waals surface area contributed by atoms with Gasteiger partial charge in [0.15, 0.2) is 0 Å². The first kappa shape index (κ1) is 13.8. The van der Waals surface area contributed by atoms with Gasteiger partial charge in [-0.05, 0) is 19.9 Å². The van der Waals surface area contributed by atoms with Crippen molar-refractivity contribution >= 4 is 0 Å². The Morgan fingerprint density at radius 1 is 1.24 bits per heavy atom. The summed E-state index contributed by atoms with van der Waals surface area (Å²) in [6, 6.07) is 5.60. The fourth-order valence-electron chi connectivity index (χ4n) is 1.78. The largest absolute Gasteiger partial charge is 0.508 e. The minimum atomic E-state index is -4.18. The molecular weight excluding hydrogens is 231 g/mol. The Bertz CT molecular complexity index is 365. The van der Waals surface area contributed by atoms with Crippen LogP contribution in [0.15, 0.2) is 24.3 Å². The van der Waals surface area contributed by atoms with Crippen LogP contribution in [0.5, 0.6) is 5.75 Å². The number of benzene rings is 1. The Morgan fingerprint density at radius 3 is 2.35 bits per heavy atom. The van der Waals surface area contributed by atoms with Crippen LogP contribution in [0.2, 0.25) is 0 Å². The van der Waals surface area contributed by atoms with Gasteiger partial charge in [-0.1, -0.05) is 18.2 Å². The van der Waals surface area contributed by atoms with Crippen molar-refractivity contribution < 1.29 is 18.3 Å². The zero-order chi connectivity index (χ0) is 13.1. The molecule has 0 saturated carbocycles. The van der Waals surface area contributed by atoms with Gasteiger partial charge in [-0.15, -0.1) is 0 Å². The van der Waals surface area contributed by atoms with E-state index in [0.29, 0.717) is 5.56 Å². The van der Waals surface area contributed by atoms with Crippen LogP contribution in [0, 0.1) is 0 Å². The van der Waals surface area contributed by atoms with Crippen molar-refractivity contribution in [2.24, 2.45) is 0 Å². The van der Waals surface area contributed by atoms with E-state index < -0.39 is 18.6 Å². The van der Waals surface area contributed by atoms with E-state index >= 15 is 0 Å². The van der Waals surface area contributed by atoms with Crippen molar-refractivity contribution in [2.75, 3.05) is 0 Å². The molecule has 1 aromatic rings. The first-order valence-electron chi connectivity index (χ1n) is 5.40. The average Bonchev–Trinajstić information content (AvgIpc) is 2.14. The molecule has 0 bridgehead atoms. The van der Waals surface area contributed by atoms with Crippen LogP contribution >= 0.6 is 0 Å². The van der Waals surface area contributed by atoms with Crippen LogP contribution in [0.1, 0.15) is 31.9 Å². The van der Waals surface area contributed by atoms with Crippen LogP contribution in [-0.2, 0) is 0 Å². The van der Waals surface area contributed by atoms with E-state index in [1.165, 1.54) is 13.0 Å². The fourth-order valence-corrected chi connectivity index (χ4v) is 1.78. The van der Waals surface area contributed by atoms with Gasteiger partial charge in [-0.2, -0.15) is 13.2 Å². The van der Waals surface area contributed by atoms with E-state index in [9.17, 15) is 18.3 Å². The summed E-state index contributed by atoms with van der Waals surface area (Å²) in [7, 11) is 0. The van der Waals surface area contributed by atoms with Crippen molar-refractivity contribution in [2.45, 2.75) is 38.5 Å². The quantitative estimate of drug-likeness (QED) is 0.854. The van der Waals surface area contributed by atoms with Crippen molar-refractivity contribution in [3.8, 4) is 5.75 Å². The normalized spacial score (nSPS) is 15.6. The maximum atomic E-state index is 12.1. The molecule has 1 rings (SSSR count). The molecule has 5 heteroatoms. The molecular formula is C12H16F3NO. The third-order valence-electron chi connectivity index (χ3n) is 2.48. The molecule has 96 valence electrons. The summed E-state index contributed by atoms with van der Waals surface area (Å²) in [6.45, 7) is 3.20. The Balaban J connectivity index is 2.61. The lowest BCUT2D eigenvalue weighted by Crippen LogP contribution is -2.33. The number of alkyl halides is 3. The maximum absolute atomic E-state index is 12.1. The molecule has 17 heavy (non-hydrogen) atoms. The zero-order valence-electron chi connectivity index (χ0n) is 9.75. The summed E-state index contributed by atoms with van der Waals surface area (Å²) in [4.78, 5) is 0. The van der Waals surface area contributed by atoms with Crippen LogP contribution in [0.25, 0.3) is 0 Å². The monoisotopic (exact) mass is 247 g/mol. The number of phenols is 1. The number of rotatable bonds is 4. The Morgan fingerprint density at radius 2 is 1.82 bits per heavy atom. The fraction of sp³-hybridized carbons (Fsp3) is 0.500. The minimum absolute atomic E-state index is 0.0895. The molecule has 2 unspecified atom stereocenters. The third kappa shape index (κ3) is 4.65. The molecule has 0 saturated heterocycles. The number of para-hydroxylation sites is 1. The number of aromatic hydroxyl groups is 1. The highest BCUT2D eigenvalue weighted by Crippen LogP contribution is 2.26. The van der Waals surface area contributed by atoms with Gasteiger partial charge < -0.3 is 10.4 Å². The summed E-state index contributed by atoms with van der Waals surface area (Å²) in [5.74, 6) is 0.0895. The third-order valence-corrected chi connectivity index (χ3v) is 2.48. The maximum Gasteiger partial charge on any atom is 0.390 e. The Hall–Kier alpha value is -1.23. The molecule has 2 nitrogen and oxygen atoms in total. The number of nitrogens with one attached hydrogen (secondary N) is 1. The van der Waals surface area contributed by atoms with Crippen molar-refractivity contribution in [1.29, 1.82) is 0 Å². The van der Waals surface area contributed by atoms with E-state index in [4.69, 9.17) is 0 Å². The van der Waals surface area contributed by atoms with Gasteiger partial charge in [-0.25, -0.2) is 0 Å². The Labute approximate surface area is 98.5 Å². The molecule has 0 radical (unpaired) electrons. The van der Waals surface area contributed by atoms with Crippen molar-refractivity contribution in [1.82, 2.24) is 5.32 Å². The van der Waals surface area contributed by atoms with Crippen LogP contribution in [0.4, 0.5) is 13.2 Å². The van der Waals surface area contributed by atoms with E-state index in [-0.39, 0.29) is 11.8 Å². The second-order valence-corrected chi connectivity index (χ2v) is 4.17. The van der Waals surface area contributed by atoms with Gasteiger partial charge in [0.25, 0.3) is 0 Å². The summed E-state index contributed by atoms with van der Waals surface area (Å²) in [5.41, 5.74) is 0.599. The van der Waals surface area contributed by atoms with E-state index in [2.05, 4.69) is 5.32 Å². The lowest BCUT2D eigenvalue weighted by Gasteiger charge is -2.21. The van der Waals surface area contributed by atoms with Crippen LogP contribution in [0.3, 0.4) is 0 Å². The number of hydrogen-bond donors (Lipinski definition) is 2. The standard InChI is InChI=1S/C12H16F3NO/c1-8(7-12(13,14)15)16-9(2)10-5-3-4-6-11(10)17/h3-6,8-9,16-17H,7H2,1-2H3. The van der Waals surface area contributed by atoms with Crippen LogP contribution in [-0.4, -0.2) is 17.3 Å². The van der Waals surface area contributed by atoms with Gasteiger partial charge in [0.05, 0.1) is 6.42 Å². The van der Waals surface area contributed by atoms with Crippen molar-refractivity contribution in [3.05, 3.63) is 29.8 Å². The van der Waals surface area contributed by atoms with E-state index in [0.717, 1.165) is 0 Å². The lowest BCUT2D eigenvalue weighted by molar-refractivity contribution is -0.139. The smallest absolute Gasteiger partial charge is 0.390 e. The molecule has 0 fully saturated rings. The predicted octanol–water partition coefficient (Wildman–Crippen LogP) is 3.38. The first-order valence-corrected chi connectivity index (χ1v) is 5.40. The average molecular weight is 247 g/mol. The van der Waals surface area contributed by atoms with Gasteiger partial charge in [0.1, 0.15) is 5.75 Å². The highest BCUT2D eigenvalue weighted by Gasteiger charge is 2.30. The second kappa shape index (κ2) is 5.40. The summed E-state index contributed by atoms with van der Waals surface area (Å²) < 4.78 is 36.4. The van der Waals surface area contributed by atoms with Gasteiger partial charge >= 0.3 is 6.18 Å².